The standard InChI is InChI=1S/C20H25NO2.C3H7NO/c22-15-18-13-19(23)14-21(18)12-11-20(16-7-3-1-4-8-16)17-9-5-2-6-10-17;1-3(5)4-2/h1-10,18-20,22-23H,11-15H2;1-2H3,(H,4,5). The molecule has 2 aromatic carbocycles. The van der Waals surface area contributed by atoms with Gasteiger partial charge in [0.2, 0.25) is 5.91 Å². The Kier molecular flexibility index (Phi) is 9.14. The van der Waals surface area contributed by atoms with E-state index in [4.69, 9.17) is 0 Å². The summed E-state index contributed by atoms with van der Waals surface area (Å²) in [7, 11) is 1.60. The van der Waals surface area contributed by atoms with E-state index < -0.39 is 0 Å². The molecule has 1 saturated heterocycles. The first-order valence-electron chi connectivity index (χ1n) is 9.86. The molecule has 3 rings (SSSR count). The topological polar surface area (TPSA) is 72.8 Å². The Labute approximate surface area is 168 Å². The van der Waals surface area contributed by atoms with Gasteiger partial charge in [0.15, 0.2) is 0 Å². The Morgan fingerprint density at radius 3 is 2.04 bits per heavy atom. The minimum absolute atomic E-state index is 0.00463. The zero-order valence-electron chi connectivity index (χ0n) is 16.8. The van der Waals surface area contributed by atoms with Crippen LogP contribution in [0.3, 0.4) is 0 Å². The smallest absolute Gasteiger partial charge is 0.216 e. The van der Waals surface area contributed by atoms with Gasteiger partial charge < -0.3 is 15.5 Å². The lowest BCUT2D eigenvalue weighted by molar-refractivity contribution is -0.118. The van der Waals surface area contributed by atoms with E-state index in [0.29, 0.717) is 18.9 Å². The summed E-state index contributed by atoms with van der Waals surface area (Å²) in [4.78, 5) is 11.9. The summed E-state index contributed by atoms with van der Waals surface area (Å²) in [5.74, 6) is 0.347. The summed E-state index contributed by atoms with van der Waals surface area (Å²) in [6, 6.07) is 21.2. The number of rotatable bonds is 6. The highest BCUT2D eigenvalue weighted by molar-refractivity contribution is 5.72. The highest BCUT2D eigenvalue weighted by Crippen LogP contribution is 2.29. The predicted octanol–water partition coefficient (Wildman–Crippen LogP) is 2.39. The zero-order chi connectivity index (χ0) is 20.4. The first-order chi connectivity index (χ1) is 13.5. The number of hydrogen-bond donors (Lipinski definition) is 3. The van der Waals surface area contributed by atoms with Gasteiger partial charge in [0.1, 0.15) is 0 Å². The van der Waals surface area contributed by atoms with Crippen LogP contribution in [0.1, 0.15) is 36.8 Å². The number of β-amino-alcohol motifs (C(OH)–C–C–N with tert-alkyl or cyclic N) is 1. The van der Waals surface area contributed by atoms with Crippen LogP contribution in [-0.4, -0.2) is 59.9 Å². The monoisotopic (exact) mass is 384 g/mol. The Balaban J connectivity index is 0.000000500. The van der Waals surface area contributed by atoms with Gasteiger partial charge in [-0.2, -0.15) is 0 Å². The molecule has 28 heavy (non-hydrogen) atoms. The Hall–Kier alpha value is -2.21. The van der Waals surface area contributed by atoms with Crippen LogP contribution >= 0.6 is 0 Å². The van der Waals surface area contributed by atoms with Crippen LogP contribution in [0.2, 0.25) is 0 Å². The van der Waals surface area contributed by atoms with Crippen LogP contribution < -0.4 is 5.32 Å². The largest absolute Gasteiger partial charge is 0.395 e. The van der Waals surface area contributed by atoms with Gasteiger partial charge in [0.25, 0.3) is 0 Å². The van der Waals surface area contributed by atoms with Crippen molar-refractivity contribution in [3.63, 3.8) is 0 Å². The minimum Gasteiger partial charge on any atom is -0.395 e. The summed E-state index contributed by atoms with van der Waals surface area (Å²) >= 11 is 0. The van der Waals surface area contributed by atoms with E-state index in [1.807, 2.05) is 12.1 Å². The maximum absolute atomic E-state index is 9.85. The third-order valence-corrected chi connectivity index (χ3v) is 5.18. The van der Waals surface area contributed by atoms with Crippen LogP contribution in [0.5, 0.6) is 0 Å². The second kappa shape index (κ2) is 11.6. The predicted molar refractivity (Wildman–Crippen MR) is 112 cm³/mol. The molecule has 0 bridgehead atoms. The lowest BCUT2D eigenvalue weighted by Crippen LogP contribution is -2.34. The van der Waals surface area contributed by atoms with Crippen molar-refractivity contribution in [3.05, 3.63) is 71.8 Å². The third-order valence-electron chi connectivity index (χ3n) is 5.18. The summed E-state index contributed by atoms with van der Waals surface area (Å²) in [5, 5.41) is 21.7. The second-order valence-electron chi connectivity index (χ2n) is 7.19. The number of hydrogen-bond acceptors (Lipinski definition) is 4. The zero-order valence-corrected chi connectivity index (χ0v) is 16.8. The van der Waals surface area contributed by atoms with Gasteiger partial charge in [0, 0.05) is 32.5 Å². The molecule has 1 aliphatic rings. The van der Waals surface area contributed by atoms with Gasteiger partial charge >= 0.3 is 0 Å². The van der Waals surface area contributed by atoms with Crippen molar-refractivity contribution in [1.29, 1.82) is 0 Å². The van der Waals surface area contributed by atoms with Crippen LogP contribution in [0.25, 0.3) is 0 Å². The molecular formula is C23H32N2O3. The van der Waals surface area contributed by atoms with E-state index in [-0.39, 0.29) is 24.7 Å². The summed E-state index contributed by atoms with van der Waals surface area (Å²) in [6.07, 6.45) is 1.36. The molecule has 0 aliphatic carbocycles. The fourth-order valence-electron chi connectivity index (χ4n) is 3.61. The lowest BCUT2D eigenvalue weighted by atomic mass is 9.88. The molecule has 0 radical (unpaired) electrons. The molecule has 5 heteroatoms. The number of aliphatic hydroxyl groups excluding tert-OH is 2. The fraction of sp³-hybridized carbons (Fsp3) is 0.435. The number of likely N-dealkylation sites (tertiary alicyclic amines) is 1. The fourth-order valence-corrected chi connectivity index (χ4v) is 3.61. The molecular weight excluding hydrogens is 352 g/mol. The normalized spacial score (nSPS) is 19.2. The van der Waals surface area contributed by atoms with E-state index >= 15 is 0 Å². The van der Waals surface area contributed by atoms with E-state index in [2.05, 4.69) is 58.7 Å². The van der Waals surface area contributed by atoms with Crippen LogP contribution in [0, 0.1) is 0 Å². The van der Waals surface area contributed by atoms with Gasteiger partial charge in [0.05, 0.1) is 12.7 Å². The van der Waals surface area contributed by atoms with Crippen molar-refractivity contribution in [1.82, 2.24) is 10.2 Å². The second-order valence-corrected chi connectivity index (χ2v) is 7.19. The van der Waals surface area contributed by atoms with E-state index in [1.165, 1.54) is 18.1 Å². The van der Waals surface area contributed by atoms with Crippen molar-refractivity contribution in [2.75, 3.05) is 26.7 Å². The SMILES string of the molecule is CNC(C)=O.OCC1CC(O)CN1CCC(c1ccccc1)c1ccccc1. The maximum Gasteiger partial charge on any atom is 0.216 e. The highest BCUT2D eigenvalue weighted by Gasteiger charge is 2.30. The van der Waals surface area contributed by atoms with E-state index in [1.54, 1.807) is 7.05 Å². The van der Waals surface area contributed by atoms with Crippen LogP contribution in [0.15, 0.2) is 60.7 Å². The van der Waals surface area contributed by atoms with Gasteiger partial charge in [-0.1, -0.05) is 60.7 Å². The van der Waals surface area contributed by atoms with Gasteiger partial charge in [-0.25, -0.2) is 0 Å². The van der Waals surface area contributed by atoms with Gasteiger partial charge in [-0.3, -0.25) is 9.69 Å². The number of carbonyl (C=O) groups is 1. The molecule has 0 spiro atoms. The van der Waals surface area contributed by atoms with Crippen molar-refractivity contribution >= 4 is 5.91 Å². The molecule has 1 heterocycles. The Bertz CT molecular complexity index is 654. The van der Waals surface area contributed by atoms with Crippen LogP contribution in [0.4, 0.5) is 0 Å². The van der Waals surface area contributed by atoms with Gasteiger partial charge in [-0.15, -0.1) is 0 Å². The molecule has 1 aliphatic heterocycles. The summed E-state index contributed by atoms with van der Waals surface area (Å²) in [5.41, 5.74) is 2.64. The molecule has 1 amide bonds. The molecule has 0 aromatic heterocycles. The maximum atomic E-state index is 9.85. The van der Waals surface area contributed by atoms with E-state index in [0.717, 1.165) is 13.0 Å². The molecule has 0 saturated carbocycles. The first kappa shape index (κ1) is 22.1. The molecule has 5 nitrogen and oxygen atoms in total. The molecule has 3 N–H and O–H groups in total. The Morgan fingerprint density at radius 1 is 1.11 bits per heavy atom. The van der Waals surface area contributed by atoms with Crippen molar-refractivity contribution in [3.8, 4) is 0 Å². The van der Waals surface area contributed by atoms with Crippen molar-refractivity contribution < 1.29 is 15.0 Å². The Morgan fingerprint density at radius 2 is 1.61 bits per heavy atom. The number of nitrogens with zero attached hydrogens (tertiary/aromatic N) is 1. The number of amides is 1. The average Bonchev–Trinajstić information content (AvgIpc) is 3.10. The average molecular weight is 385 g/mol. The van der Waals surface area contributed by atoms with Crippen molar-refractivity contribution in [2.24, 2.45) is 0 Å². The number of aliphatic hydroxyl groups is 2. The first-order valence-corrected chi connectivity index (χ1v) is 9.86. The molecule has 2 unspecified atom stereocenters. The highest BCUT2D eigenvalue weighted by atomic mass is 16.3. The molecule has 2 aromatic rings. The molecule has 2 atom stereocenters. The third kappa shape index (κ3) is 6.75. The quantitative estimate of drug-likeness (QED) is 0.715. The minimum atomic E-state index is -0.306. The molecule has 152 valence electrons. The number of carbonyl (C=O) groups excluding carboxylic acids is 1. The van der Waals surface area contributed by atoms with E-state index in [9.17, 15) is 15.0 Å². The van der Waals surface area contributed by atoms with Crippen molar-refractivity contribution in [2.45, 2.75) is 37.8 Å². The number of nitrogens with one attached hydrogen (secondary N) is 1. The summed E-state index contributed by atoms with van der Waals surface area (Å²) < 4.78 is 0. The van der Waals surface area contributed by atoms with Crippen LogP contribution in [-0.2, 0) is 4.79 Å². The summed E-state index contributed by atoms with van der Waals surface area (Å²) in [6.45, 7) is 3.15. The molecule has 1 fully saturated rings. The number of benzene rings is 2. The lowest BCUT2D eigenvalue weighted by Gasteiger charge is -2.26. The van der Waals surface area contributed by atoms with Gasteiger partial charge in [-0.05, 0) is 30.5 Å².